The van der Waals surface area contributed by atoms with E-state index in [-0.39, 0.29) is 5.97 Å². The molecule has 0 aliphatic carbocycles. The first-order valence-electron chi connectivity index (χ1n) is 10.8. The molecule has 0 unspecified atom stereocenters. The summed E-state index contributed by atoms with van der Waals surface area (Å²) in [5, 5.41) is 0. The molecule has 0 aromatic carbocycles. The molecule has 0 rings (SSSR count). The average molecular weight is 447 g/mol. The van der Waals surface area contributed by atoms with Gasteiger partial charge in [-0.25, -0.2) is 0 Å². The zero-order valence-corrected chi connectivity index (χ0v) is 21.2. The van der Waals surface area contributed by atoms with Gasteiger partial charge in [-0.2, -0.15) is 11.8 Å². The topological polar surface area (TPSA) is 54.0 Å². The van der Waals surface area contributed by atoms with Crippen molar-refractivity contribution in [2.75, 3.05) is 37.9 Å². The van der Waals surface area contributed by atoms with Crippen molar-refractivity contribution in [2.24, 2.45) is 0 Å². The Hall–Kier alpha value is -0.603. The van der Waals surface area contributed by atoms with Gasteiger partial charge in [0.15, 0.2) is 0 Å². The van der Waals surface area contributed by atoms with E-state index in [9.17, 15) is 4.79 Å². The predicted molar refractivity (Wildman–Crippen MR) is 125 cm³/mol. The van der Waals surface area contributed by atoms with Crippen LogP contribution in [0.4, 0.5) is 0 Å². The highest BCUT2D eigenvalue weighted by Gasteiger charge is 2.39. The summed E-state index contributed by atoms with van der Waals surface area (Å²) in [6.07, 6.45) is 7.68. The summed E-state index contributed by atoms with van der Waals surface area (Å²) >= 11 is 1.76. The van der Waals surface area contributed by atoms with E-state index in [1.807, 2.05) is 26.8 Å². The molecular weight excluding hydrogens is 404 g/mol. The van der Waals surface area contributed by atoms with Crippen molar-refractivity contribution in [1.29, 1.82) is 0 Å². The second kappa shape index (κ2) is 18.2. The molecule has 0 amide bonds. The summed E-state index contributed by atoms with van der Waals surface area (Å²) in [5.74, 6) is 1.60. The first-order valence-corrected chi connectivity index (χ1v) is 13.9. The maximum absolute atomic E-state index is 11.8. The smallest absolute Gasteiger partial charge is 0.461 e. The molecular formula is C22H42O5SSi. The van der Waals surface area contributed by atoms with E-state index >= 15 is 0 Å². The lowest BCUT2D eigenvalue weighted by Gasteiger charge is -2.28. The van der Waals surface area contributed by atoms with Gasteiger partial charge in [-0.05, 0) is 72.6 Å². The molecule has 5 nitrogen and oxygen atoms in total. The summed E-state index contributed by atoms with van der Waals surface area (Å²) in [5.41, 5.74) is 2.60. The molecule has 0 aliphatic heterocycles. The summed E-state index contributed by atoms with van der Waals surface area (Å²) in [7, 11) is -2.54. The molecule has 0 atom stereocenters. The van der Waals surface area contributed by atoms with Crippen molar-refractivity contribution in [3.05, 3.63) is 23.3 Å². The van der Waals surface area contributed by atoms with E-state index in [1.165, 1.54) is 11.1 Å². The van der Waals surface area contributed by atoms with E-state index in [2.05, 4.69) is 26.8 Å². The second-order valence-corrected chi connectivity index (χ2v) is 11.0. The van der Waals surface area contributed by atoms with Gasteiger partial charge >= 0.3 is 14.8 Å². The monoisotopic (exact) mass is 446 g/mol. The molecule has 0 heterocycles. The Labute approximate surface area is 184 Å². The van der Waals surface area contributed by atoms with Crippen LogP contribution in [-0.4, -0.2) is 52.7 Å². The van der Waals surface area contributed by atoms with Crippen LogP contribution in [0.2, 0.25) is 6.04 Å². The minimum atomic E-state index is -2.54. The largest absolute Gasteiger partial charge is 0.500 e. The number of allylic oxidation sites excluding steroid dienone is 3. The van der Waals surface area contributed by atoms with E-state index in [0.717, 1.165) is 36.8 Å². The second-order valence-electron chi connectivity index (χ2n) is 7.00. The van der Waals surface area contributed by atoms with Crippen molar-refractivity contribution in [3.63, 3.8) is 0 Å². The zero-order valence-electron chi connectivity index (χ0n) is 19.4. The maximum atomic E-state index is 11.8. The Morgan fingerprint density at radius 2 is 1.52 bits per heavy atom. The van der Waals surface area contributed by atoms with Crippen LogP contribution in [0, 0.1) is 0 Å². The van der Waals surface area contributed by atoms with Crippen molar-refractivity contribution in [3.8, 4) is 0 Å². The van der Waals surface area contributed by atoms with Crippen LogP contribution < -0.4 is 0 Å². The number of ether oxygens (including phenoxy) is 1. The van der Waals surface area contributed by atoms with Gasteiger partial charge in [0, 0.05) is 31.6 Å². The van der Waals surface area contributed by atoms with Gasteiger partial charge in [-0.15, -0.1) is 0 Å². The molecule has 0 aromatic rings. The highest BCUT2D eigenvalue weighted by atomic mass is 32.2. The SMILES string of the molecule is CCO[Si](CCCSCCC(=O)OCC=C(C)CCC=C(C)C)(OCC)OCC. The van der Waals surface area contributed by atoms with Crippen LogP contribution in [0.3, 0.4) is 0 Å². The van der Waals surface area contributed by atoms with Crippen LogP contribution in [0.5, 0.6) is 0 Å². The van der Waals surface area contributed by atoms with Crippen LogP contribution >= 0.6 is 11.8 Å². The lowest BCUT2D eigenvalue weighted by molar-refractivity contribution is -0.141. The van der Waals surface area contributed by atoms with Crippen LogP contribution in [0.1, 0.15) is 67.2 Å². The Balaban J connectivity index is 3.95. The van der Waals surface area contributed by atoms with Crippen LogP contribution in [0.15, 0.2) is 23.3 Å². The third-order valence-corrected chi connectivity index (χ3v) is 8.30. The first kappa shape index (κ1) is 28.4. The molecule has 0 spiro atoms. The van der Waals surface area contributed by atoms with E-state index in [1.54, 1.807) is 11.8 Å². The lowest BCUT2D eigenvalue weighted by atomic mass is 10.1. The quantitative estimate of drug-likeness (QED) is 0.115. The number of rotatable bonds is 18. The molecule has 0 fully saturated rings. The number of carbonyl (C=O) groups excluding carboxylic acids is 1. The first-order chi connectivity index (χ1) is 13.9. The zero-order chi connectivity index (χ0) is 22.0. The average Bonchev–Trinajstić information content (AvgIpc) is 2.65. The Morgan fingerprint density at radius 1 is 0.897 bits per heavy atom. The molecule has 0 saturated heterocycles. The van der Waals surface area contributed by atoms with Gasteiger partial charge in [-0.1, -0.05) is 17.2 Å². The predicted octanol–water partition coefficient (Wildman–Crippen LogP) is 5.78. The fourth-order valence-electron chi connectivity index (χ4n) is 2.69. The molecule has 7 heteroatoms. The highest BCUT2D eigenvalue weighted by Crippen LogP contribution is 2.20. The molecule has 0 aliphatic rings. The van der Waals surface area contributed by atoms with Gasteiger partial charge in [0.1, 0.15) is 6.61 Å². The fourth-order valence-corrected chi connectivity index (χ4v) is 6.42. The number of carbonyl (C=O) groups is 1. The third kappa shape index (κ3) is 15.8. The van der Waals surface area contributed by atoms with Gasteiger partial charge in [0.25, 0.3) is 0 Å². The summed E-state index contributed by atoms with van der Waals surface area (Å²) in [6, 6.07) is 0.816. The fraction of sp³-hybridized carbons (Fsp3) is 0.773. The molecule has 0 N–H and O–H groups in total. The summed E-state index contributed by atoms with van der Waals surface area (Å²) < 4.78 is 22.9. The van der Waals surface area contributed by atoms with Gasteiger partial charge in [0.05, 0.1) is 6.42 Å². The van der Waals surface area contributed by atoms with Crippen molar-refractivity contribution < 1.29 is 22.8 Å². The summed E-state index contributed by atoms with van der Waals surface area (Å²) in [6.45, 7) is 14.4. The molecule has 170 valence electrons. The van der Waals surface area contributed by atoms with E-state index < -0.39 is 8.80 Å². The minimum absolute atomic E-state index is 0.132. The Kier molecular flexibility index (Phi) is 17.8. The van der Waals surface area contributed by atoms with Crippen molar-refractivity contribution in [2.45, 2.75) is 73.3 Å². The highest BCUT2D eigenvalue weighted by molar-refractivity contribution is 7.99. The number of hydrogen-bond acceptors (Lipinski definition) is 6. The van der Waals surface area contributed by atoms with Crippen LogP contribution in [-0.2, 0) is 22.8 Å². The molecule has 0 saturated carbocycles. The normalized spacial score (nSPS) is 12.1. The van der Waals surface area contributed by atoms with Gasteiger partial charge in [0.2, 0.25) is 0 Å². The molecule has 0 radical (unpaired) electrons. The number of esters is 1. The van der Waals surface area contributed by atoms with E-state index in [4.69, 9.17) is 18.0 Å². The van der Waals surface area contributed by atoms with Gasteiger partial charge < -0.3 is 18.0 Å². The van der Waals surface area contributed by atoms with Gasteiger partial charge in [-0.3, -0.25) is 4.79 Å². The Bertz CT molecular complexity index is 473. The summed E-state index contributed by atoms with van der Waals surface area (Å²) in [4.78, 5) is 11.8. The van der Waals surface area contributed by atoms with Crippen molar-refractivity contribution in [1.82, 2.24) is 0 Å². The molecule has 0 aromatic heterocycles. The number of hydrogen-bond donors (Lipinski definition) is 0. The maximum Gasteiger partial charge on any atom is 0.500 e. The van der Waals surface area contributed by atoms with E-state index in [0.29, 0.717) is 32.8 Å². The molecule has 0 bridgehead atoms. The standard InChI is InChI=1S/C22H42O5SSi/c1-7-25-29(26-8-2,27-9-3)19-11-17-28-18-15-22(23)24-16-14-21(6)13-10-12-20(4)5/h12,14H,7-11,13,15-19H2,1-6H3. The van der Waals surface area contributed by atoms with Crippen molar-refractivity contribution >= 4 is 26.5 Å². The Morgan fingerprint density at radius 3 is 2.07 bits per heavy atom. The molecule has 29 heavy (non-hydrogen) atoms. The third-order valence-electron chi connectivity index (χ3n) is 4.08. The lowest BCUT2D eigenvalue weighted by Crippen LogP contribution is -2.46. The minimum Gasteiger partial charge on any atom is -0.461 e. The van der Waals surface area contributed by atoms with Crippen LogP contribution in [0.25, 0.3) is 0 Å². The number of thioether (sulfide) groups is 1.